The van der Waals surface area contributed by atoms with Crippen molar-refractivity contribution in [2.75, 3.05) is 19.6 Å². The van der Waals surface area contributed by atoms with Crippen molar-refractivity contribution in [1.82, 2.24) is 4.90 Å². The van der Waals surface area contributed by atoms with Crippen molar-refractivity contribution in [3.63, 3.8) is 0 Å². The zero-order valence-electron chi connectivity index (χ0n) is 8.25. The van der Waals surface area contributed by atoms with Crippen LogP contribution in [-0.4, -0.2) is 31.0 Å². The van der Waals surface area contributed by atoms with Gasteiger partial charge >= 0.3 is 0 Å². The van der Waals surface area contributed by atoms with Gasteiger partial charge in [0.2, 0.25) is 6.43 Å². The average molecular weight is 202 g/mol. The normalized spacial score (nSPS) is 23.7. The smallest absolute Gasteiger partial charge is 0.239 e. The fraction of sp³-hybridized carbons (Fsp3) is 0.900. The van der Waals surface area contributed by atoms with Gasteiger partial charge in [0.05, 0.1) is 6.07 Å². The molecule has 4 heteroatoms. The van der Waals surface area contributed by atoms with Crippen LogP contribution in [0, 0.1) is 17.2 Å². The summed E-state index contributed by atoms with van der Waals surface area (Å²) in [4.78, 5) is 2.05. The van der Waals surface area contributed by atoms with Crippen molar-refractivity contribution in [2.45, 2.75) is 32.1 Å². The molecule has 0 aromatic heterocycles. The van der Waals surface area contributed by atoms with Crippen LogP contribution < -0.4 is 0 Å². The van der Waals surface area contributed by atoms with Crippen LogP contribution in [0.1, 0.15) is 25.7 Å². The highest BCUT2D eigenvalue weighted by Crippen LogP contribution is 2.19. The van der Waals surface area contributed by atoms with Crippen LogP contribution >= 0.6 is 0 Å². The van der Waals surface area contributed by atoms with E-state index in [9.17, 15) is 8.78 Å². The maximum absolute atomic E-state index is 12.0. The number of likely N-dealkylation sites (tertiary alicyclic amines) is 1. The Balaban J connectivity index is 2.22. The summed E-state index contributed by atoms with van der Waals surface area (Å²) in [6.45, 7) is 2.20. The van der Waals surface area contributed by atoms with Gasteiger partial charge in [-0.2, -0.15) is 5.26 Å². The molecule has 1 rings (SSSR count). The van der Waals surface area contributed by atoms with Crippen molar-refractivity contribution in [2.24, 2.45) is 5.92 Å². The highest BCUT2D eigenvalue weighted by molar-refractivity contribution is 4.81. The summed E-state index contributed by atoms with van der Waals surface area (Å²) in [6.07, 6.45) is 0.421. The third-order valence-corrected chi connectivity index (χ3v) is 2.65. The second-order valence-corrected chi connectivity index (χ2v) is 3.85. The molecule has 0 aromatic carbocycles. The predicted molar refractivity (Wildman–Crippen MR) is 50.0 cm³/mol. The van der Waals surface area contributed by atoms with Gasteiger partial charge in [0.25, 0.3) is 0 Å². The summed E-state index contributed by atoms with van der Waals surface area (Å²) in [6, 6.07) is 2.15. The van der Waals surface area contributed by atoms with E-state index in [2.05, 4.69) is 11.0 Å². The van der Waals surface area contributed by atoms with Crippen LogP contribution in [0.4, 0.5) is 8.78 Å². The van der Waals surface area contributed by atoms with E-state index >= 15 is 0 Å². The van der Waals surface area contributed by atoms with E-state index < -0.39 is 6.43 Å². The Morgan fingerprint density at radius 3 is 2.93 bits per heavy atom. The Kier molecular flexibility index (Phi) is 4.81. The molecule has 0 aliphatic carbocycles. The molecule has 14 heavy (non-hydrogen) atoms. The van der Waals surface area contributed by atoms with Gasteiger partial charge in [-0.25, -0.2) is 8.78 Å². The van der Waals surface area contributed by atoms with E-state index in [0.717, 1.165) is 25.9 Å². The molecule has 0 aromatic rings. The van der Waals surface area contributed by atoms with Crippen LogP contribution in [-0.2, 0) is 0 Å². The minimum absolute atomic E-state index is 0.0424. The molecule has 1 heterocycles. The van der Waals surface area contributed by atoms with Crippen molar-refractivity contribution >= 4 is 0 Å². The Hall–Kier alpha value is -0.690. The maximum atomic E-state index is 12.0. The van der Waals surface area contributed by atoms with Crippen LogP contribution in [0.3, 0.4) is 0 Å². The Bertz CT molecular complexity index is 201. The van der Waals surface area contributed by atoms with E-state index in [1.165, 1.54) is 0 Å². The summed E-state index contributed by atoms with van der Waals surface area (Å²) < 4.78 is 23.9. The lowest BCUT2D eigenvalue weighted by Crippen LogP contribution is -2.36. The van der Waals surface area contributed by atoms with Crippen molar-refractivity contribution < 1.29 is 8.78 Å². The molecule has 80 valence electrons. The summed E-state index contributed by atoms with van der Waals surface area (Å²) in [5.74, 6) is 0.395. The number of rotatable bonds is 4. The van der Waals surface area contributed by atoms with E-state index in [4.69, 9.17) is 5.26 Å². The number of nitrogens with zero attached hydrogens (tertiary/aromatic N) is 2. The quantitative estimate of drug-likeness (QED) is 0.699. The van der Waals surface area contributed by atoms with Crippen molar-refractivity contribution in [3.8, 4) is 6.07 Å². The molecule has 1 aliphatic rings. The standard InChI is InChI=1S/C10H16F2N2/c11-10(12)4-7-14-6-1-2-9(8-14)3-5-13/h9-10H,1-4,6-8H2. The zero-order chi connectivity index (χ0) is 10.4. The largest absolute Gasteiger partial charge is 0.303 e. The first kappa shape index (κ1) is 11.4. The number of hydrogen-bond donors (Lipinski definition) is 0. The minimum Gasteiger partial charge on any atom is -0.303 e. The molecule has 1 atom stereocenters. The maximum Gasteiger partial charge on any atom is 0.239 e. The first-order valence-corrected chi connectivity index (χ1v) is 5.10. The number of piperidine rings is 1. The van der Waals surface area contributed by atoms with Gasteiger partial charge in [0, 0.05) is 25.9 Å². The first-order chi connectivity index (χ1) is 6.72. The highest BCUT2D eigenvalue weighted by Gasteiger charge is 2.19. The van der Waals surface area contributed by atoms with E-state index in [0.29, 0.717) is 18.9 Å². The molecule has 0 N–H and O–H groups in total. The molecule has 0 spiro atoms. The van der Waals surface area contributed by atoms with Crippen LogP contribution in [0.2, 0.25) is 0 Å². The lowest BCUT2D eigenvalue weighted by Gasteiger charge is -2.31. The lowest BCUT2D eigenvalue weighted by atomic mass is 9.95. The summed E-state index contributed by atoms with van der Waals surface area (Å²) >= 11 is 0. The van der Waals surface area contributed by atoms with Crippen molar-refractivity contribution in [3.05, 3.63) is 0 Å². The van der Waals surface area contributed by atoms with Gasteiger partial charge in [0.1, 0.15) is 0 Å². The highest BCUT2D eigenvalue weighted by atomic mass is 19.3. The molecule has 0 amide bonds. The van der Waals surface area contributed by atoms with Crippen LogP contribution in [0.15, 0.2) is 0 Å². The fourth-order valence-corrected chi connectivity index (χ4v) is 1.93. The molecule has 1 saturated heterocycles. The number of halogens is 2. The summed E-state index contributed by atoms with van der Waals surface area (Å²) in [7, 11) is 0. The molecular formula is C10H16F2N2. The van der Waals surface area contributed by atoms with E-state index in [1.54, 1.807) is 0 Å². The summed E-state index contributed by atoms with van der Waals surface area (Å²) in [5.41, 5.74) is 0. The number of nitriles is 1. The predicted octanol–water partition coefficient (Wildman–Crippen LogP) is 2.27. The molecule has 0 bridgehead atoms. The molecule has 1 unspecified atom stereocenters. The second kappa shape index (κ2) is 5.92. The molecule has 0 radical (unpaired) electrons. The first-order valence-electron chi connectivity index (χ1n) is 5.10. The average Bonchev–Trinajstić information content (AvgIpc) is 2.16. The van der Waals surface area contributed by atoms with Crippen LogP contribution in [0.5, 0.6) is 0 Å². The lowest BCUT2D eigenvalue weighted by molar-refractivity contribution is 0.0998. The fourth-order valence-electron chi connectivity index (χ4n) is 1.93. The Labute approximate surface area is 83.5 Å². The third-order valence-electron chi connectivity index (χ3n) is 2.65. The third kappa shape index (κ3) is 4.01. The molecular weight excluding hydrogens is 186 g/mol. The topological polar surface area (TPSA) is 27.0 Å². The van der Waals surface area contributed by atoms with E-state index in [-0.39, 0.29) is 6.42 Å². The minimum atomic E-state index is -2.20. The van der Waals surface area contributed by atoms with Gasteiger partial charge in [-0.1, -0.05) is 0 Å². The van der Waals surface area contributed by atoms with Gasteiger partial charge in [0.15, 0.2) is 0 Å². The zero-order valence-corrected chi connectivity index (χ0v) is 8.25. The molecule has 2 nitrogen and oxygen atoms in total. The van der Waals surface area contributed by atoms with Crippen LogP contribution in [0.25, 0.3) is 0 Å². The van der Waals surface area contributed by atoms with Crippen molar-refractivity contribution in [1.29, 1.82) is 5.26 Å². The van der Waals surface area contributed by atoms with Gasteiger partial charge in [-0.05, 0) is 25.3 Å². The Morgan fingerprint density at radius 1 is 1.50 bits per heavy atom. The molecule has 1 aliphatic heterocycles. The molecule has 0 saturated carbocycles. The number of hydrogen-bond acceptors (Lipinski definition) is 2. The van der Waals surface area contributed by atoms with Gasteiger partial charge in [-0.3, -0.25) is 0 Å². The monoisotopic (exact) mass is 202 g/mol. The molecule has 1 fully saturated rings. The SMILES string of the molecule is N#CCC1CCCN(CCC(F)F)C1. The van der Waals surface area contributed by atoms with E-state index in [1.807, 2.05) is 0 Å². The number of alkyl halides is 2. The Morgan fingerprint density at radius 2 is 2.29 bits per heavy atom. The second-order valence-electron chi connectivity index (χ2n) is 3.85. The van der Waals surface area contributed by atoms with Gasteiger partial charge in [-0.15, -0.1) is 0 Å². The van der Waals surface area contributed by atoms with Gasteiger partial charge < -0.3 is 4.90 Å². The summed E-state index contributed by atoms with van der Waals surface area (Å²) in [5, 5.41) is 8.53.